The van der Waals surface area contributed by atoms with Crippen LogP contribution in [-0.2, 0) is 9.31 Å². The van der Waals surface area contributed by atoms with Crippen LogP contribution < -0.4 is 10.2 Å². The predicted molar refractivity (Wildman–Crippen MR) is 78.3 cm³/mol. The van der Waals surface area contributed by atoms with Gasteiger partial charge in [-0.2, -0.15) is 0 Å². The molecule has 116 valence electrons. The molecule has 1 aromatic carbocycles. The van der Waals surface area contributed by atoms with Crippen LogP contribution in [0.1, 0.15) is 34.6 Å². The molecule has 1 aromatic rings. The van der Waals surface area contributed by atoms with Crippen molar-refractivity contribution in [1.29, 1.82) is 0 Å². The van der Waals surface area contributed by atoms with Gasteiger partial charge in [0.25, 0.3) is 5.92 Å². The van der Waals surface area contributed by atoms with Crippen molar-refractivity contribution >= 4 is 12.6 Å². The molecule has 2 rings (SSSR count). The van der Waals surface area contributed by atoms with Gasteiger partial charge in [0, 0.05) is 6.92 Å². The molecule has 0 atom stereocenters. The summed E-state index contributed by atoms with van der Waals surface area (Å²) in [7, 11) is -0.527. The van der Waals surface area contributed by atoms with Crippen molar-refractivity contribution in [2.45, 2.75) is 51.7 Å². The highest BCUT2D eigenvalue weighted by Gasteiger charge is 2.51. The Bertz CT molecular complexity index is 496. The summed E-state index contributed by atoms with van der Waals surface area (Å²) in [5.41, 5.74) is -0.124. The van der Waals surface area contributed by atoms with Crippen LogP contribution in [0.3, 0.4) is 0 Å². The van der Waals surface area contributed by atoms with E-state index in [0.717, 1.165) is 12.4 Å². The molecular weight excluding hydrogens is 277 g/mol. The molecule has 1 saturated heterocycles. The van der Waals surface area contributed by atoms with Crippen LogP contribution in [0.15, 0.2) is 24.3 Å². The van der Waals surface area contributed by atoms with Crippen LogP contribution in [0.4, 0.5) is 8.78 Å². The van der Waals surface area contributed by atoms with E-state index in [1.54, 1.807) is 18.2 Å². The second-order valence-corrected chi connectivity index (χ2v) is 6.52. The van der Waals surface area contributed by atoms with Gasteiger partial charge in [-0.3, -0.25) is 0 Å². The number of rotatable bonds is 4. The summed E-state index contributed by atoms with van der Waals surface area (Å²) in [5.74, 6) is -2.48. The zero-order valence-corrected chi connectivity index (χ0v) is 13.1. The first kappa shape index (κ1) is 16.2. The van der Waals surface area contributed by atoms with Gasteiger partial charge in [-0.25, -0.2) is 8.78 Å². The topological polar surface area (TPSA) is 27.7 Å². The molecule has 0 bridgehead atoms. The van der Waals surface area contributed by atoms with Gasteiger partial charge in [0.2, 0.25) is 0 Å². The molecule has 0 spiro atoms. The minimum Gasteiger partial charge on any atom is -0.487 e. The van der Waals surface area contributed by atoms with Gasteiger partial charge < -0.3 is 14.0 Å². The van der Waals surface area contributed by atoms with Crippen molar-refractivity contribution in [2.75, 3.05) is 6.61 Å². The van der Waals surface area contributed by atoms with E-state index < -0.39 is 30.8 Å². The van der Waals surface area contributed by atoms with Crippen LogP contribution in [0, 0.1) is 0 Å². The lowest BCUT2D eigenvalue weighted by molar-refractivity contribution is -0.0229. The van der Waals surface area contributed by atoms with Crippen LogP contribution >= 0.6 is 0 Å². The summed E-state index contributed by atoms with van der Waals surface area (Å²) in [6.45, 7) is 8.02. The molecule has 1 heterocycles. The zero-order chi connectivity index (χ0) is 15.9. The predicted octanol–water partition coefficient (Wildman–Crippen LogP) is 3.02. The zero-order valence-electron chi connectivity index (χ0n) is 13.1. The maximum absolute atomic E-state index is 12.8. The van der Waals surface area contributed by atoms with Gasteiger partial charge >= 0.3 is 7.12 Å². The maximum Gasteiger partial charge on any atom is 0.494 e. The highest BCUT2D eigenvalue weighted by Crippen LogP contribution is 2.36. The smallest absolute Gasteiger partial charge is 0.487 e. The fraction of sp³-hybridized carbons (Fsp3) is 0.600. The molecule has 3 nitrogen and oxygen atoms in total. The van der Waals surface area contributed by atoms with Gasteiger partial charge in [-0.05, 0) is 45.3 Å². The Hall–Kier alpha value is -1.14. The fourth-order valence-corrected chi connectivity index (χ4v) is 1.94. The van der Waals surface area contributed by atoms with Crippen molar-refractivity contribution in [3.63, 3.8) is 0 Å². The normalized spacial score (nSPS) is 20.6. The van der Waals surface area contributed by atoms with Crippen molar-refractivity contribution < 1.29 is 22.8 Å². The summed E-state index contributed by atoms with van der Waals surface area (Å²) in [4.78, 5) is 0. The molecule has 6 heteroatoms. The third-order valence-corrected chi connectivity index (χ3v) is 3.88. The van der Waals surface area contributed by atoms with Crippen molar-refractivity contribution in [1.82, 2.24) is 0 Å². The number of hydrogen-bond donors (Lipinski definition) is 0. The molecule has 1 fully saturated rings. The Morgan fingerprint density at radius 1 is 1.14 bits per heavy atom. The summed E-state index contributed by atoms with van der Waals surface area (Å²) in [6, 6.07) is 6.89. The molecule has 21 heavy (non-hydrogen) atoms. The molecule has 1 aliphatic rings. The summed E-state index contributed by atoms with van der Waals surface area (Å²) < 4.78 is 42.6. The third kappa shape index (κ3) is 3.74. The molecule has 0 unspecified atom stereocenters. The van der Waals surface area contributed by atoms with E-state index in [2.05, 4.69) is 0 Å². The first-order chi connectivity index (χ1) is 9.50. The van der Waals surface area contributed by atoms with Crippen LogP contribution in [-0.4, -0.2) is 30.8 Å². The monoisotopic (exact) mass is 298 g/mol. The van der Waals surface area contributed by atoms with Crippen LogP contribution in [0.25, 0.3) is 0 Å². The molecule has 0 aromatic heterocycles. The highest BCUT2D eigenvalue weighted by molar-refractivity contribution is 6.62. The number of benzene rings is 1. The Morgan fingerprint density at radius 3 is 2.24 bits per heavy atom. The maximum atomic E-state index is 12.8. The Balaban J connectivity index is 2.12. The van der Waals surface area contributed by atoms with E-state index in [0.29, 0.717) is 5.75 Å². The number of alkyl halides is 2. The molecule has 1 aliphatic heterocycles. The van der Waals surface area contributed by atoms with Gasteiger partial charge in [0.1, 0.15) is 5.75 Å². The lowest BCUT2D eigenvalue weighted by Gasteiger charge is -2.32. The standard InChI is InChI=1S/C15H21BF2O3/c1-13(2)14(3,4)21-16(20-13)11-7-6-8-12(9-11)19-10-15(5,17)18/h6-9H,10H2,1-5H3. The van der Waals surface area contributed by atoms with Crippen molar-refractivity contribution in [3.8, 4) is 5.75 Å². The van der Waals surface area contributed by atoms with Gasteiger partial charge in [0.15, 0.2) is 6.61 Å². The quantitative estimate of drug-likeness (QED) is 0.800. The minimum absolute atomic E-state index is 0.378. The third-order valence-electron chi connectivity index (χ3n) is 3.88. The van der Waals surface area contributed by atoms with E-state index >= 15 is 0 Å². The van der Waals surface area contributed by atoms with E-state index in [4.69, 9.17) is 14.0 Å². The van der Waals surface area contributed by atoms with E-state index in [1.807, 2.05) is 33.8 Å². The minimum atomic E-state index is -2.86. The second-order valence-electron chi connectivity index (χ2n) is 6.52. The average Bonchev–Trinajstić information content (AvgIpc) is 2.56. The Kier molecular flexibility index (Phi) is 4.06. The molecular formula is C15H21BF2O3. The van der Waals surface area contributed by atoms with Crippen LogP contribution in [0.5, 0.6) is 5.75 Å². The fourth-order valence-electron chi connectivity index (χ4n) is 1.94. The molecule has 0 amide bonds. The SMILES string of the molecule is CC(F)(F)COc1cccc(B2OC(C)(C)C(C)(C)O2)c1. The van der Waals surface area contributed by atoms with Crippen molar-refractivity contribution in [2.24, 2.45) is 0 Å². The average molecular weight is 298 g/mol. The number of halogens is 2. The summed E-state index contributed by atoms with van der Waals surface area (Å²) >= 11 is 0. The molecule has 0 saturated carbocycles. The Morgan fingerprint density at radius 2 is 1.71 bits per heavy atom. The van der Waals surface area contributed by atoms with E-state index in [9.17, 15) is 8.78 Å². The van der Waals surface area contributed by atoms with Gasteiger partial charge in [0.05, 0.1) is 11.2 Å². The molecule has 0 aliphatic carbocycles. The molecule has 0 N–H and O–H groups in total. The van der Waals surface area contributed by atoms with E-state index in [-0.39, 0.29) is 0 Å². The van der Waals surface area contributed by atoms with Gasteiger partial charge in [-0.1, -0.05) is 12.1 Å². The van der Waals surface area contributed by atoms with E-state index in [1.165, 1.54) is 0 Å². The molecule has 0 radical (unpaired) electrons. The number of ether oxygens (including phenoxy) is 1. The second kappa shape index (κ2) is 5.25. The highest BCUT2D eigenvalue weighted by atomic mass is 19.3. The lowest BCUT2D eigenvalue weighted by atomic mass is 9.79. The van der Waals surface area contributed by atoms with Crippen molar-refractivity contribution in [3.05, 3.63) is 24.3 Å². The van der Waals surface area contributed by atoms with Crippen LogP contribution in [0.2, 0.25) is 0 Å². The first-order valence-corrected chi connectivity index (χ1v) is 6.96. The number of hydrogen-bond acceptors (Lipinski definition) is 3. The summed E-state index contributed by atoms with van der Waals surface area (Å²) in [5, 5.41) is 0. The largest absolute Gasteiger partial charge is 0.494 e. The van der Waals surface area contributed by atoms with Gasteiger partial charge in [-0.15, -0.1) is 0 Å². The lowest BCUT2D eigenvalue weighted by Crippen LogP contribution is -2.41. The summed E-state index contributed by atoms with van der Waals surface area (Å²) in [6.07, 6.45) is 0. The Labute approximate surface area is 124 Å². The first-order valence-electron chi connectivity index (χ1n) is 6.96.